The number of ether oxygens (including phenoxy) is 1. The monoisotopic (exact) mass is 300 g/mol. The average molecular weight is 302 g/mol. The number of halogens is 2. The van der Waals surface area contributed by atoms with Gasteiger partial charge in [-0.1, -0.05) is 11.6 Å². The van der Waals surface area contributed by atoms with Gasteiger partial charge in [-0.3, -0.25) is 0 Å². The van der Waals surface area contributed by atoms with Gasteiger partial charge in [-0.15, -0.1) is 0 Å². The normalized spacial score (nSPS) is 10.4. The second-order valence-corrected chi connectivity index (χ2v) is 4.33. The highest BCUT2D eigenvalue weighted by Gasteiger charge is 2.07. The van der Waals surface area contributed by atoms with Crippen molar-refractivity contribution in [3.8, 4) is 11.4 Å². The molecule has 0 radical (unpaired) electrons. The van der Waals surface area contributed by atoms with Crippen LogP contribution in [0.15, 0.2) is 35.1 Å². The highest BCUT2D eigenvalue weighted by Crippen LogP contribution is 2.27. The lowest BCUT2D eigenvalue weighted by Gasteiger charge is -2.08. The van der Waals surface area contributed by atoms with E-state index in [2.05, 4.69) is 21.0 Å². The first kappa shape index (κ1) is 11.5. The third-order valence-electron chi connectivity index (χ3n) is 2.05. The van der Waals surface area contributed by atoms with E-state index >= 15 is 0 Å². The fraction of sp³-hybridized carbons (Fsp3) is 0.182. The van der Waals surface area contributed by atoms with Gasteiger partial charge in [0.25, 0.3) is 0 Å². The maximum absolute atomic E-state index is 6.17. The van der Waals surface area contributed by atoms with Gasteiger partial charge in [0.2, 0.25) is 0 Å². The van der Waals surface area contributed by atoms with Gasteiger partial charge in [-0.2, -0.15) is 5.10 Å². The molecule has 0 bridgehead atoms. The first-order valence-corrected chi connectivity index (χ1v) is 6.01. The topological polar surface area (TPSA) is 27.1 Å². The Morgan fingerprint density at radius 2 is 2.25 bits per heavy atom. The van der Waals surface area contributed by atoms with E-state index < -0.39 is 0 Å². The minimum Gasteiger partial charge on any atom is -0.494 e. The van der Waals surface area contributed by atoms with Crippen LogP contribution in [-0.2, 0) is 0 Å². The van der Waals surface area contributed by atoms with Gasteiger partial charge < -0.3 is 4.74 Å². The van der Waals surface area contributed by atoms with Gasteiger partial charge >= 0.3 is 0 Å². The zero-order valence-electron chi connectivity index (χ0n) is 8.65. The number of rotatable bonds is 3. The molecule has 0 fully saturated rings. The van der Waals surface area contributed by atoms with Crippen LogP contribution in [-0.4, -0.2) is 16.4 Å². The molecule has 0 aliphatic carbocycles. The van der Waals surface area contributed by atoms with Crippen LogP contribution in [0.5, 0.6) is 5.75 Å². The van der Waals surface area contributed by atoms with E-state index in [0.717, 1.165) is 16.0 Å². The predicted octanol–water partition coefficient (Wildman–Crippen LogP) is 3.69. The zero-order chi connectivity index (χ0) is 11.5. The maximum atomic E-state index is 6.17. The molecule has 0 aliphatic heterocycles. The molecule has 0 N–H and O–H groups in total. The molecular weight excluding hydrogens is 291 g/mol. The van der Waals surface area contributed by atoms with Crippen molar-refractivity contribution in [2.75, 3.05) is 6.61 Å². The molecule has 5 heteroatoms. The second-order valence-electron chi connectivity index (χ2n) is 3.11. The van der Waals surface area contributed by atoms with Crippen molar-refractivity contribution in [1.82, 2.24) is 9.78 Å². The van der Waals surface area contributed by atoms with Crippen molar-refractivity contribution >= 4 is 27.5 Å². The fourth-order valence-corrected chi connectivity index (χ4v) is 2.03. The number of nitrogens with zero attached hydrogens (tertiary/aromatic N) is 2. The summed E-state index contributed by atoms with van der Waals surface area (Å²) < 4.78 is 7.94. The highest BCUT2D eigenvalue weighted by molar-refractivity contribution is 9.10. The quantitative estimate of drug-likeness (QED) is 0.864. The van der Waals surface area contributed by atoms with E-state index in [1.165, 1.54) is 0 Å². The third kappa shape index (κ3) is 2.23. The number of aromatic nitrogens is 2. The first-order valence-electron chi connectivity index (χ1n) is 4.84. The SMILES string of the molecule is CCOc1ccc(-n2nccc2Br)c(Cl)c1. The summed E-state index contributed by atoms with van der Waals surface area (Å²) in [4.78, 5) is 0. The fourth-order valence-electron chi connectivity index (χ4n) is 1.38. The summed E-state index contributed by atoms with van der Waals surface area (Å²) in [7, 11) is 0. The van der Waals surface area contributed by atoms with Gasteiger partial charge in [0.15, 0.2) is 0 Å². The van der Waals surface area contributed by atoms with Crippen molar-refractivity contribution in [3.63, 3.8) is 0 Å². The number of hydrogen-bond acceptors (Lipinski definition) is 2. The Morgan fingerprint density at radius 3 is 2.81 bits per heavy atom. The van der Waals surface area contributed by atoms with Crippen LogP contribution in [0.3, 0.4) is 0 Å². The summed E-state index contributed by atoms with van der Waals surface area (Å²) in [6.07, 6.45) is 1.71. The molecule has 1 aromatic heterocycles. The van der Waals surface area contributed by atoms with E-state index in [4.69, 9.17) is 16.3 Å². The minimum absolute atomic E-state index is 0.607. The third-order valence-corrected chi connectivity index (χ3v) is 2.96. The molecule has 0 aliphatic rings. The Bertz CT molecular complexity index is 498. The van der Waals surface area contributed by atoms with Gasteiger partial charge in [0.1, 0.15) is 10.4 Å². The first-order chi connectivity index (χ1) is 7.72. The van der Waals surface area contributed by atoms with Crippen molar-refractivity contribution in [3.05, 3.63) is 40.1 Å². The van der Waals surface area contributed by atoms with Crippen molar-refractivity contribution in [1.29, 1.82) is 0 Å². The van der Waals surface area contributed by atoms with Gasteiger partial charge in [-0.25, -0.2) is 4.68 Å². The number of hydrogen-bond donors (Lipinski definition) is 0. The Kier molecular flexibility index (Phi) is 3.51. The second kappa shape index (κ2) is 4.89. The van der Waals surface area contributed by atoms with E-state index in [0.29, 0.717) is 11.6 Å². The lowest BCUT2D eigenvalue weighted by molar-refractivity contribution is 0.340. The standard InChI is InChI=1S/C11H10BrClN2O/c1-2-16-8-3-4-10(9(13)7-8)15-11(12)5-6-14-15/h3-7H,2H2,1H3. The summed E-state index contributed by atoms with van der Waals surface area (Å²) in [5.41, 5.74) is 0.821. The molecule has 0 unspecified atom stereocenters. The number of benzene rings is 1. The molecule has 1 aromatic carbocycles. The molecule has 3 nitrogen and oxygen atoms in total. The average Bonchev–Trinajstić information content (AvgIpc) is 2.65. The smallest absolute Gasteiger partial charge is 0.120 e. The van der Waals surface area contributed by atoms with Gasteiger partial charge in [0.05, 0.1) is 23.5 Å². The molecule has 0 amide bonds. The summed E-state index contributed by atoms with van der Waals surface area (Å²) in [5, 5.41) is 4.77. The molecule has 16 heavy (non-hydrogen) atoms. The Balaban J connectivity index is 2.40. The predicted molar refractivity (Wildman–Crippen MR) is 67.4 cm³/mol. The lowest BCUT2D eigenvalue weighted by Crippen LogP contribution is -1.98. The van der Waals surface area contributed by atoms with Gasteiger partial charge in [-0.05, 0) is 41.1 Å². The Morgan fingerprint density at radius 1 is 1.44 bits per heavy atom. The maximum Gasteiger partial charge on any atom is 0.120 e. The van der Waals surface area contributed by atoms with Crippen molar-refractivity contribution in [2.24, 2.45) is 0 Å². The Labute approximate surface area is 107 Å². The van der Waals surface area contributed by atoms with Crippen LogP contribution in [0, 0.1) is 0 Å². The largest absolute Gasteiger partial charge is 0.494 e. The molecule has 0 atom stereocenters. The van der Waals surface area contributed by atoms with Crippen LogP contribution < -0.4 is 4.74 Å². The summed E-state index contributed by atoms with van der Waals surface area (Å²) in [6, 6.07) is 7.39. The van der Waals surface area contributed by atoms with Crippen LogP contribution in [0.2, 0.25) is 5.02 Å². The summed E-state index contributed by atoms with van der Waals surface area (Å²) in [6.45, 7) is 2.56. The zero-order valence-corrected chi connectivity index (χ0v) is 11.0. The van der Waals surface area contributed by atoms with E-state index in [9.17, 15) is 0 Å². The van der Waals surface area contributed by atoms with Crippen molar-refractivity contribution in [2.45, 2.75) is 6.92 Å². The van der Waals surface area contributed by atoms with Crippen LogP contribution in [0.4, 0.5) is 0 Å². The van der Waals surface area contributed by atoms with Crippen molar-refractivity contribution < 1.29 is 4.74 Å². The van der Waals surface area contributed by atoms with Crippen LogP contribution in [0.1, 0.15) is 6.92 Å². The molecule has 0 saturated carbocycles. The molecular formula is C11H10BrClN2O. The Hall–Kier alpha value is -1.000. The minimum atomic E-state index is 0.607. The molecule has 0 spiro atoms. The summed E-state index contributed by atoms with van der Waals surface area (Å²) >= 11 is 9.56. The van der Waals surface area contributed by atoms with E-state index in [-0.39, 0.29) is 0 Å². The lowest BCUT2D eigenvalue weighted by atomic mass is 10.3. The van der Waals surface area contributed by atoms with E-state index in [1.807, 2.05) is 25.1 Å². The molecule has 2 aromatic rings. The molecule has 2 rings (SSSR count). The van der Waals surface area contributed by atoms with E-state index in [1.54, 1.807) is 16.9 Å². The highest BCUT2D eigenvalue weighted by atomic mass is 79.9. The summed E-state index contributed by atoms with van der Waals surface area (Å²) in [5.74, 6) is 0.763. The molecule has 1 heterocycles. The molecule has 84 valence electrons. The molecule has 0 saturated heterocycles. The van der Waals surface area contributed by atoms with Gasteiger partial charge in [0, 0.05) is 6.07 Å². The van der Waals surface area contributed by atoms with Crippen LogP contribution in [0.25, 0.3) is 5.69 Å². The van der Waals surface area contributed by atoms with Crippen LogP contribution >= 0.6 is 27.5 Å².